The van der Waals surface area contributed by atoms with Crippen molar-refractivity contribution in [2.45, 2.75) is 38.8 Å². The first-order chi connectivity index (χ1) is 9.08. The molecule has 0 amide bonds. The fourth-order valence-electron chi connectivity index (χ4n) is 2.55. The first-order valence-corrected chi connectivity index (χ1v) is 6.82. The number of hydrogen-bond donors (Lipinski definition) is 1. The van der Waals surface area contributed by atoms with Gasteiger partial charge in [0, 0.05) is 36.4 Å². The van der Waals surface area contributed by atoms with Gasteiger partial charge in [-0.15, -0.1) is 0 Å². The summed E-state index contributed by atoms with van der Waals surface area (Å²) in [4.78, 5) is 12.8. The Balaban J connectivity index is 2.17. The average Bonchev–Trinajstić information content (AvgIpc) is 2.88. The molecule has 0 spiro atoms. The van der Waals surface area contributed by atoms with E-state index in [0.29, 0.717) is 12.1 Å². The third-order valence-corrected chi connectivity index (χ3v) is 3.58. The van der Waals surface area contributed by atoms with E-state index in [0.717, 1.165) is 18.8 Å². The summed E-state index contributed by atoms with van der Waals surface area (Å²) in [6.45, 7) is 6.21. The normalized spacial score (nSPS) is 18.8. The van der Waals surface area contributed by atoms with E-state index in [1.54, 1.807) is 12.1 Å². The predicted octanol–water partition coefficient (Wildman–Crippen LogP) is 2.56. The molecule has 1 fully saturated rings. The van der Waals surface area contributed by atoms with Crippen molar-refractivity contribution in [2.75, 3.05) is 18.0 Å². The largest absolute Gasteiger partial charge is 0.367 e. The molecule has 0 radical (unpaired) electrons. The third kappa shape index (κ3) is 3.44. The van der Waals surface area contributed by atoms with Crippen LogP contribution in [0.3, 0.4) is 0 Å². The molecule has 0 aromatic heterocycles. The van der Waals surface area contributed by atoms with Crippen molar-refractivity contribution in [2.24, 2.45) is 0 Å². The second kappa shape index (κ2) is 6.02. The summed E-state index contributed by atoms with van der Waals surface area (Å²) in [7, 11) is 0. The van der Waals surface area contributed by atoms with Gasteiger partial charge in [0.05, 0.1) is 4.92 Å². The molecule has 0 aliphatic carbocycles. The van der Waals surface area contributed by atoms with Crippen LogP contribution in [0.25, 0.3) is 0 Å². The molecule has 104 valence electrons. The maximum atomic E-state index is 10.9. The van der Waals surface area contributed by atoms with E-state index in [1.807, 2.05) is 6.07 Å². The minimum Gasteiger partial charge on any atom is -0.367 e. The summed E-state index contributed by atoms with van der Waals surface area (Å²) in [6, 6.07) is 7.71. The van der Waals surface area contributed by atoms with Gasteiger partial charge in [-0.2, -0.15) is 0 Å². The SMILES string of the molecule is CC(C)N(CC1CCCN1)c1cccc([N+](=O)[O-])c1. The van der Waals surface area contributed by atoms with Crippen LogP contribution in [0.1, 0.15) is 26.7 Å². The average molecular weight is 263 g/mol. The summed E-state index contributed by atoms with van der Waals surface area (Å²) in [5.74, 6) is 0. The number of nitro benzene ring substituents is 1. The first-order valence-electron chi connectivity index (χ1n) is 6.82. The molecule has 1 saturated heterocycles. The third-order valence-electron chi connectivity index (χ3n) is 3.58. The smallest absolute Gasteiger partial charge is 0.271 e. The van der Waals surface area contributed by atoms with E-state index in [-0.39, 0.29) is 10.6 Å². The van der Waals surface area contributed by atoms with Gasteiger partial charge in [0.15, 0.2) is 0 Å². The monoisotopic (exact) mass is 263 g/mol. The molecule has 1 heterocycles. The van der Waals surface area contributed by atoms with Crippen molar-refractivity contribution in [1.29, 1.82) is 0 Å². The van der Waals surface area contributed by atoms with Crippen molar-refractivity contribution in [3.8, 4) is 0 Å². The molecule has 1 unspecified atom stereocenters. The molecular weight excluding hydrogens is 242 g/mol. The Bertz CT molecular complexity index is 442. The lowest BCUT2D eigenvalue weighted by Crippen LogP contribution is -2.41. The quantitative estimate of drug-likeness (QED) is 0.655. The Morgan fingerprint density at radius 1 is 1.53 bits per heavy atom. The molecule has 19 heavy (non-hydrogen) atoms. The van der Waals surface area contributed by atoms with E-state index in [9.17, 15) is 10.1 Å². The maximum absolute atomic E-state index is 10.9. The Hall–Kier alpha value is -1.62. The molecular formula is C14H21N3O2. The lowest BCUT2D eigenvalue weighted by molar-refractivity contribution is -0.384. The molecule has 5 nitrogen and oxygen atoms in total. The van der Waals surface area contributed by atoms with Crippen LogP contribution in [0, 0.1) is 10.1 Å². The van der Waals surface area contributed by atoms with Crippen molar-refractivity contribution < 1.29 is 4.92 Å². The number of benzene rings is 1. The van der Waals surface area contributed by atoms with Gasteiger partial charge in [-0.05, 0) is 39.3 Å². The fourth-order valence-corrected chi connectivity index (χ4v) is 2.55. The lowest BCUT2D eigenvalue weighted by atomic mass is 10.1. The summed E-state index contributed by atoms with van der Waals surface area (Å²) < 4.78 is 0. The van der Waals surface area contributed by atoms with Crippen LogP contribution >= 0.6 is 0 Å². The molecule has 5 heteroatoms. The van der Waals surface area contributed by atoms with Gasteiger partial charge in [-0.3, -0.25) is 10.1 Å². The summed E-state index contributed by atoms with van der Waals surface area (Å²) in [5.41, 5.74) is 1.08. The van der Waals surface area contributed by atoms with E-state index >= 15 is 0 Å². The van der Waals surface area contributed by atoms with Gasteiger partial charge in [-0.25, -0.2) is 0 Å². The zero-order valence-corrected chi connectivity index (χ0v) is 11.5. The summed E-state index contributed by atoms with van der Waals surface area (Å²) in [6.07, 6.45) is 2.39. The zero-order valence-electron chi connectivity index (χ0n) is 11.5. The molecule has 2 rings (SSSR count). The van der Waals surface area contributed by atoms with E-state index in [2.05, 4.69) is 24.1 Å². The van der Waals surface area contributed by atoms with E-state index < -0.39 is 0 Å². The highest BCUT2D eigenvalue weighted by atomic mass is 16.6. The van der Waals surface area contributed by atoms with Gasteiger partial charge in [0.25, 0.3) is 5.69 Å². The van der Waals surface area contributed by atoms with Crippen molar-refractivity contribution >= 4 is 11.4 Å². The van der Waals surface area contributed by atoms with Crippen LogP contribution in [-0.2, 0) is 0 Å². The van der Waals surface area contributed by atoms with Crippen LogP contribution in [0.4, 0.5) is 11.4 Å². The number of non-ortho nitro benzene ring substituents is 1. The Kier molecular flexibility index (Phi) is 4.37. The van der Waals surface area contributed by atoms with Crippen LogP contribution in [-0.4, -0.2) is 30.1 Å². The van der Waals surface area contributed by atoms with Gasteiger partial charge in [0.2, 0.25) is 0 Å². The van der Waals surface area contributed by atoms with Gasteiger partial charge in [-0.1, -0.05) is 6.07 Å². The topological polar surface area (TPSA) is 58.4 Å². The van der Waals surface area contributed by atoms with Crippen LogP contribution in [0.15, 0.2) is 24.3 Å². The molecule has 0 bridgehead atoms. The Labute approximate surface area is 113 Å². The number of anilines is 1. The highest BCUT2D eigenvalue weighted by Crippen LogP contribution is 2.24. The molecule has 0 saturated carbocycles. The van der Waals surface area contributed by atoms with Gasteiger partial charge >= 0.3 is 0 Å². The van der Waals surface area contributed by atoms with E-state index in [1.165, 1.54) is 18.9 Å². The standard InChI is InChI=1S/C14H21N3O2/c1-11(2)16(10-12-5-4-8-15-12)13-6-3-7-14(9-13)17(18)19/h3,6-7,9,11-12,15H,4-5,8,10H2,1-2H3. The first kappa shape index (κ1) is 13.8. The minimum atomic E-state index is -0.337. The molecule has 1 atom stereocenters. The molecule has 1 aliphatic rings. The number of nitro groups is 1. The highest BCUT2D eigenvalue weighted by molar-refractivity contribution is 5.53. The van der Waals surface area contributed by atoms with Crippen molar-refractivity contribution in [3.63, 3.8) is 0 Å². The van der Waals surface area contributed by atoms with Crippen LogP contribution in [0.5, 0.6) is 0 Å². The minimum absolute atomic E-state index is 0.155. The maximum Gasteiger partial charge on any atom is 0.271 e. The Morgan fingerprint density at radius 3 is 2.89 bits per heavy atom. The van der Waals surface area contributed by atoms with Crippen LogP contribution in [0.2, 0.25) is 0 Å². The van der Waals surface area contributed by atoms with Crippen LogP contribution < -0.4 is 10.2 Å². The number of rotatable bonds is 5. The van der Waals surface area contributed by atoms with E-state index in [4.69, 9.17) is 0 Å². The lowest BCUT2D eigenvalue weighted by Gasteiger charge is -2.31. The summed E-state index contributed by atoms with van der Waals surface area (Å²) in [5, 5.41) is 14.3. The number of nitrogens with one attached hydrogen (secondary N) is 1. The number of nitrogens with zero attached hydrogens (tertiary/aromatic N) is 2. The van der Waals surface area contributed by atoms with Crippen molar-refractivity contribution in [1.82, 2.24) is 5.32 Å². The number of hydrogen-bond acceptors (Lipinski definition) is 4. The van der Waals surface area contributed by atoms with Crippen molar-refractivity contribution in [3.05, 3.63) is 34.4 Å². The molecule has 1 aliphatic heterocycles. The molecule has 1 aromatic rings. The Morgan fingerprint density at radius 2 is 2.32 bits per heavy atom. The molecule has 1 aromatic carbocycles. The molecule has 1 N–H and O–H groups in total. The predicted molar refractivity (Wildman–Crippen MR) is 76.6 cm³/mol. The highest BCUT2D eigenvalue weighted by Gasteiger charge is 2.21. The zero-order chi connectivity index (χ0) is 13.8. The van der Waals surface area contributed by atoms with Gasteiger partial charge in [0.1, 0.15) is 0 Å². The second-order valence-electron chi connectivity index (χ2n) is 5.32. The van der Waals surface area contributed by atoms with Gasteiger partial charge < -0.3 is 10.2 Å². The summed E-state index contributed by atoms with van der Waals surface area (Å²) >= 11 is 0. The second-order valence-corrected chi connectivity index (χ2v) is 5.32. The fraction of sp³-hybridized carbons (Fsp3) is 0.571.